The maximum Gasteiger partial charge on any atom is 0.141 e. The zero-order valence-corrected chi connectivity index (χ0v) is 17.5. The van der Waals surface area contributed by atoms with Gasteiger partial charge in [-0.05, 0) is 62.9 Å². The summed E-state index contributed by atoms with van der Waals surface area (Å²) in [6, 6.07) is 23.2. The Kier molecular flexibility index (Phi) is 5.66. The fraction of sp³-hybridized carbons (Fsp3) is 0.269. The van der Waals surface area contributed by atoms with Crippen molar-refractivity contribution in [3.05, 3.63) is 83.4 Å². The Labute approximate surface area is 173 Å². The molecule has 0 bridgehead atoms. The molecule has 3 heteroatoms. The zero-order chi connectivity index (χ0) is 20.2. The van der Waals surface area contributed by atoms with Crippen molar-refractivity contribution >= 4 is 11.0 Å². The molecular weight excluding hydrogens is 356 g/mol. The quantitative estimate of drug-likeness (QED) is 0.341. The molecule has 1 aromatic heterocycles. The van der Waals surface area contributed by atoms with E-state index in [4.69, 9.17) is 9.72 Å². The monoisotopic (exact) mass is 384 g/mol. The smallest absolute Gasteiger partial charge is 0.141 e. The van der Waals surface area contributed by atoms with Gasteiger partial charge < -0.3 is 9.30 Å². The fourth-order valence-corrected chi connectivity index (χ4v) is 3.85. The van der Waals surface area contributed by atoms with E-state index in [2.05, 4.69) is 92.1 Å². The van der Waals surface area contributed by atoms with Crippen LogP contribution in [0.15, 0.2) is 66.7 Å². The van der Waals surface area contributed by atoms with E-state index in [1.165, 1.54) is 27.8 Å². The minimum atomic E-state index is 0.732. The molecule has 0 aliphatic carbocycles. The van der Waals surface area contributed by atoms with Gasteiger partial charge in [-0.3, -0.25) is 0 Å². The molecule has 29 heavy (non-hydrogen) atoms. The number of hydrogen-bond donors (Lipinski definition) is 0. The third-order valence-corrected chi connectivity index (χ3v) is 5.40. The third kappa shape index (κ3) is 4.19. The molecule has 0 N–H and O–H groups in total. The van der Waals surface area contributed by atoms with E-state index in [0.717, 1.165) is 43.1 Å². The zero-order valence-electron chi connectivity index (χ0n) is 17.5. The highest BCUT2D eigenvalue weighted by Crippen LogP contribution is 2.27. The van der Waals surface area contributed by atoms with Gasteiger partial charge in [0.15, 0.2) is 0 Å². The molecule has 148 valence electrons. The summed E-state index contributed by atoms with van der Waals surface area (Å²) in [5.74, 6) is 2.05. The second kappa shape index (κ2) is 8.52. The van der Waals surface area contributed by atoms with Crippen molar-refractivity contribution in [3.63, 3.8) is 0 Å². The predicted molar refractivity (Wildman–Crippen MR) is 121 cm³/mol. The lowest BCUT2D eigenvalue weighted by Gasteiger charge is -2.12. The Bertz CT molecular complexity index is 1130. The van der Waals surface area contributed by atoms with Crippen LogP contribution in [0.4, 0.5) is 0 Å². The van der Waals surface area contributed by atoms with Crippen LogP contribution in [0.5, 0.6) is 5.75 Å². The first-order chi connectivity index (χ1) is 14.1. The van der Waals surface area contributed by atoms with Gasteiger partial charge in [-0.25, -0.2) is 4.98 Å². The SMILES string of the molecule is Cc1ccc(OCCCCn2c(-c3ccccc3C)nc3ccccc32)c(C)c1. The molecule has 3 nitrogen and oxygen atoms in total. The molecule has 0 spiro atoms. The number of aryl methyl sites for hydroxylation is 4. The van der Waals surface area contributed by atoms with Crippen molar-refractivity contribution in [2.45, 2.75) is 40.2 Å². The molecule has 0 saturated heterocycles. The standard InChI is InChI=1S/C26H28N2O/c1-19-14-15-25(21(3)18-19)29-17-9-8-16-28-24-13-7-6-12-23(24)27-26(28)22-11-5-4-10-20(22)2/h4-7,10-15,18H,8-9,16-17H2,1-3H3. The Morgan fingerprint density at radius 1 is 0.828 bits per heavy atom. The van der Waals surface area contributed by atoms with Crippen LogP contribution in [0, 0.1) is 20.8 Å². The average molecular weight is 385 g/mol. The summed E-state index contributed by atoms with van der Waals surface area (Å²) >= 11 is 0. The molecule has 0 saturated carbocycles. The first kappa shape index (κ1) is 19.3. The lowest BCUT2D eigenvalue weighted by Crippen LogP contribution is -2.05. The number of imidazole rings is 1. The lowest BCUT2D eigenvalue weighted by molar-refractivity contribution is 0.301. The molecule has 0 amide bonds. The molecule has 1 heterocycles. The molecule has 3 aromatic carbocycles. The highest BCUT2D eigenvalue weighted by atomic mass is 16.5. The Morgan fingerprint density at radius 3 is 2.45 bits per heavy atom. The van der Waals surface area contributed by atoms with Gasteiger partial charge in [0, 0.05) is 12.1 Å². The molecule has 4 rings (SSSR count). The van der Waals surface area contributed by atoms with Gasteiger partial charge in [-0.1, -0.05) is 54.1 Å². The van der Waals surface area contributed by atoms with Crippen LogP contribution in [-0.2, 0) is 6.54 Å². The van der Waals surface area contributed by atoms with E-state index < -0.39 is 0 Å². The molecule has 0 aliphatic rings. The van der Waals surface area contributed by atoms with Crippen LogP contribution in [0.2, 0.25) is 0 Å². The molecule has 0 atom stereocenters. The Morgan fingerprint density at radius 2 is 1.62 bits per heavy atom. The molecular formula is C26H28N2O. The van der Waals surface area contributed by atoms with E-state index in [9.17, 15) is 0 Å². The highest BCUT2D eigenvalue weighted by Gasteiger charge is 2.13. The normalized spacial score (nSPS) is 11.1. The number of ether oxygens (including phenoxy) is 1. The summed E-state index contributed by atoms with van der Waals surface area (Å²) in [5, 5.41) is 0. The largest absolute Gasteiger partial charge is 0.493 e. The van der Waals surface area contributed by atoms with Gasteiger partial charge in [0.25, 0.3) is 0 Å². The third-order valence-electron chi connectivity index (χ3n) is 5.40. The van der Waals surface area contributed by atoms with Gasteiger partial charge in [0.2, 0.25) is 0 Å². The fourth-order valence-electron chi connectivity index (χ4n) is 3.85. The van der Waals surface area contributed by atoms with Crippen molar-refractivity contribution < 1.29 is 4.74 Å². The highest BCUT2D eigenvalue weighted by molar-refractivity contribution is 5.81. The van der Waals surface area contributed by atoms with Crippen molar-refractivity contribution in [3.8, 4) is 17.1 Å². The second-order valence-electron chi connectivity index (χ2n) is 7.72. The van der Waals surface area contributed by atoms with Crippen molar-refractivity contribution in [2.75, 3.05) is 6.61 Å². The van der Waals surface area contributed by atoms with Gasteiger partial charge in [0.1, 0.15) is 11.6 Å². The van der Waals surface area contributed by atoms with Gasteiger partial charge >= 0.3 is 0 Å². The lowest BCUT2D eigenvalue weighted by atomic mass is 10.1. The van der Waals surface area contributed by atoms with Crippen LogP contribution in [0.1, 0.15) is 29.5 Å². The number of aromatic nitrogens is 2. The van der Waals surface area contributed by atoms with E-state index in [1.807, 2.05) is 0 Å². The summed E-state index contributed by atoms with van der Waals surface area (Å²) < 4.78 is 8.36. The number of unbranched alkanes of at least 4 members (excludes halogenated alkanes) is 1. The summed E-state index contributed by atoms with van der Waals surface area (Å²) in [6.45, 7) is 8.03. The van der Waals surface area contributed by atoms with Crippen molar-refractivity contribution in [1.82, 2.24) is 9.55 Å². The van der Waals surface area contributed by atoms with Crippen LogP contribution in [0.25, 0.3) is 22.4 Å². The minimum absolute atomic E-state index is 0.732. The van der Waals surface area contributed by atoms with Crippen LogP contribution >= 0.6 is 0 Å². The second-order valence-corrected chi connectivity index (χ2v) is 7.72. The van der Waals surface area contributed by atoms with Gasteiger partial charge in [0.05, 0.1) is 17.6 Å². The number of rotatable bonds is 7. The molecule has 0 unspecified atom stereocenters. The number of benzene rings is 3. The molecule has 4 aromatic rings. The summed E-state index contributed by atoms with van der Waals surface area (Å²) in [6.07, 6.45) is 2.05. The number of hydrogen-bond acceptors (Lipinski definition) is 2. The van der Waals surface area contributed by atoms with E-state index in [0.29, 0.717) is 0 Å². The predicted octanol–water partition coefficient (Wildman–Crippen LogP) is 6.49. The molecule has 0 fully saturated rings. The maximum absolute atomic E-state index is 6.01. The van der Waals surface area contributed by atoms with E-state index in [-0.39, 0.29) is 0 Å². The van der Waals surface area contributed by atoms with Crippen molar-refractivity contribution in [2.24, 2.45) is 0 Å². The number of fused-ring (bicyclic) bond motifs is 1. The van der Waals surface area contributed by atoms with Crippen LogP contribution in [0.3, 0.4) is 0 Å². The molecule has 0 radical (unpaired) electrons. The number of para-hydroxylation sites is 2. The van der Waals surface area contributed by atoms with Gasteiger partial charge in [-0.15, -0.1) is 0 Å². The summed E-state index contributed by atoms with van der Waals surface area (Å²) in [4.78, 5) is 4.94. The van der Waals surface area contributed by atoms with Crippen LogP contribution < -0.4 is 4.74 Å². The minimum Gasteiger partial charge on any atom is -0.493 e. The topological polar surface area (TPSA) is 27.1 Å². The first-order valence-corrected chi connectivity index (χ1v) is 10.3. The average Bonchev–Trinajstić information content (AvgIpc) is 3.08. The van der Waals surface area contributed by atoms with E-state index in [1.54, 1.807) is 0 Å². The van der Waals surface area contributed by atoms with E-state index >= 15 is 0 Å². The Balaban J connectivity index is 1.47. The maximum atomic E-state index is 6.01. The Hall–Kier alpha value is -3.07. The van der Waals surface area contributed by atoms with Crippen molar-refractivity contribution in [1.29, 1.82) is 0 Å². The van der Waals surface area contributed by atoms with Crippen LogP contribution in [-0.4, -0.2) is 16.2 Å². The first-order valence-electron chi connectivity index (χ1n) is 10.3. The summed E-state index contributed by atoms with van der Waals surface area (Å²) in [7, 11) is 0. The molecule has 0 aliphatic heterocycles. The number of nitrogens with zero attached hydrogens (tertiary/aromatic N) is 2. The summed E-state index contributed by atoms with van der Waals surface area (Å²) in [5.41, 5.74) is 7.17. The van der Waals surface area contributed by atoms with Gasteiger partial charge in [-0.2, -0.15) is 0 Å².